The van der Waals surface area contributed by atoms with Gasteiger partial charge in [0.15, 0.2) is 5.16 Å². The third-order valence-corrected chi connectivity index (χ3v) is 6.83. The topological polar surface area (TPSA) is 74.4 Å². The summed E-state index contributed by atoms with van der Waals surface area (Å²) in [5.41, 5.74) is 1.94. The van der Waals surface area contributed by atoms with E-state index in [0.717, 1.165) is 62.0 Å². The van der Waals surface area contributed by atoms with Crippen LogP contribution >= 0.6 is 11.8 Å². The van der Waals surface area contributed by atoms with Gasteiger partial charge in [-0.2, -0.15) is 5.10 Å². The van der Waals surface area contributed by atoms with E-state index >= 15 is 0 Å². The highest BCUT2D eigenvalue weighted by molar-refractivity contribution is 7.98. The summed E-state index contributed by atoms with van der Waals surface area (Å²) in [6, 6.07) is 7.96. The molecule has 2 fully saturated rings. The second kappa shape index (κ2) is 9.94. The molecule has 2 unspecified atom stereocenters. The minimum Gasteiger partial charge on any atom is -0.373 e. The molecular formula is C22H31N5O2S. The van der Waals surface area contributed by atoms with E-state index in [4.69, 9.17) is 4.74 Å². The number of hydrogen-bond donors (Lipinski definition) is 1. The SMILES string of the molecule is CC1CN(CC2CCN(C(=O)c3ccc(CSc4ncn[nH]4)cc3)CC2)CC(C)O1. The van der Waals surface area contributed by atoms with E-state index in [1.807, 2.05) is 29.2 Å². The Hall–Kier alpha value is -1.90. The highest BCUT2D eigenvalue weighted by atomic mass is 32.2. The predicted molar refractivity (Wildman–Crippen MR) is 117 cm³/mol. The van der Waals surface area contributed by atoms with Crippen LogP contribution in [0, 0.1) is 5.92 Å². The molecule has 1 amide bonds. The number of benzene rings is 1. The number of morpholine rings is 1. The molecule has 2 aliphatic heterocycles. The molecule has 1 aromatic heterocycles. The van der Waals surface area contributed by atoms with Crippen molar-refractivity contribution in [1.82, 2.24) is 25.0 Å². The number of nitrogens with one attached hydrogen (secondary N) is 1. The fourth-order valence-electron chi connectivity index (χ4n) is 4.46. The van der Waals surface area contributed by atoms with E-state index < -0.39 is 0 Å². The van der Waals surface area contributed by atoms with Crippen molar-refractivity contribution in [2.24, 2.45) is 5.92 Å². The van der Waals surface area contributed by atoms with Crippen LogP contribution in [-0.2, 0) is 10.5 Å². The lowest BCUT2D eigenvalue weighted by molar-refractivity contribution is -0.0728. The Bertz CT molecular complexity index is 795. The molecule has 0 spiro atoms. The number of H-pyrrole nitrogens is 1. The number of carbonyl (C=O) groups is 1. The number of amides is 1. The average Bonchev–Trinajstić information content (AvgIpc) is 3.26. The number of hydrogen-bond acceptors (Lipinski definition) is 6. The maximum Gasteiger partial charge on any atom is 0.253 e. The molecule has 162 valence electrons. The van der Waals surface area contributed by atoms with Crippen LogP contribution in [0.2, 0.25) is 0 Å². The molecule has 0 bridgehead atoms. The molecule has 4 rings (SSSR count). The number of thioether (sulfide) groups is 1. The summed E-state index contributed by atoms with van der Waals surface area (Å²) in [5, 5.41) is 7.50. The molecule has 1 aromatic carbocycles. The number of piperidine rings is 1. The normalized spacial score (nSPS) is 23.6. The highest BCUT2D eigenvalue weighted by Crippen LogP contribution is 2.23. The zero-order chi connectivity index (χ0) is 20.9. The first kappa shape index (κ1) is 21.3. The van der Waals surface area contributed by atoms with Crippen LogP contribution in [0.5, 0.6) is 0 Å². The molecule has 30 heavy (non-hydrogen) atoms. The lowest BCUT2D eigenvalue weighted by Gasteiger charge is -2.39. The summed E-state index contributed by atoms with van der Waals surface area (Å²) < 4.78 is 5.84. The molecule has 0 aliphatic carbocycles. The second-order valence-electron chi connectivity index (χ2n) is 8.49. The number of aromatic nitrogens is 3. The van der Waals surface area contributed by atoms with Crippen molar-refractivity contribution >= 4 is 17.7 Å². The standard InChI is InChI=1S/C22H31N5O2S/c1-16-11-26(12-17(2)29-16)13-18-7-9-27(10-8-18)21(28)20-5-3-19(4-6-20)14-30-22-23-15-24-25-22/h3-6,15-18H,7-14H2,1-2H3,(H,23,24,25). The lowest BCUT2D eigenvalue weighted by Crippen LogP contribution is -2.48. The minimum atomic E-state index is 0.150. The van der Waals surface area contributed by atoms with E-state index in [2.05, 4.69) is 33.9 Å². The van der Waals surface area contributed by atoms with Gasteiger partial charge in [-0.3, -0.25) is 14.8 Å². The molecule has 0 radical (unpaired) electrons. The maximum atomic E-state index is 12.9. The number of ether oxygens (including phenoxy) is 1. The summed E-state index contributed by atoms with van der Waals surface area (Å²) in [4.78, 5) is 21.6. The molecule has 3 heterocycles. The molecule has 2 saturated heterocycles. The summed E-state index contributed by atoms with van der Waals surface area (Å²) in [7, 11) is 0. The second-order valence-corrected chi connectivity index (χ2v) is 9.45. The number of nitrogens with zero attached hydrogens (tertiary/aromatic N) is 4. The van der Waals surface area contributed by atoms with Crippen molar-refractivity contribution in [3.05, 3.63) is 41.7 Å². The van der Waals surface area contributed by atoms with Crippen LogP contribution in [0.4, 0.5) is 0 Å². The van der Waals surface area contributed by atoms with Gasteiger partial charge in [-0.1, -0.05) is 23.9 Å². The Morgan fingerprint density at radius 3 is 2.50 bits per heavy atom. The largest absolute Gasteiger partial charge is 0.373 e. The van der Waals surface area contributed by atoms with Crippen LogP contribution in [0.1, 0.15) is 42.6 Å². The fourth-order valence-corrected chi connectivity index (χ4v) is 5.19. The Morgan fingerprint density at radius 1 is 1.17 bits per heavy atom. The van der Waals surface area contributed by atoms with E-state index in [9.17, 15) is 4.79 Å². The lowest BCUT2D eigenvalue weighted by atomic mass is 9.95. The third-order valence-electron chi connectivity index (χ3n) is 5.88. The van der Waals surface area contributed by atoms with Crippen molar-refractivity contribution in [3.63, 3.8) is 0 Å². The first-order valence-electron chi connectivity index (χ1n) is 10.8. The van der Waals surface area contributed by atoms with Crippen molar-refractivity contribution < 1.29 is 9.53 Å². The zero-order valence-corrected chi connectivity index (χ0v) is 18.6. The van der Waals surface area contributed by atoms with Crippen LogP contribution < -0.4 is 0 Å². The molecule has 7 nitrogen and oxygen atoms in total. The van der Waals surface area contributed by atoms with Crippen molar-refractivity contribution in [3.8, 4) is 0 Å². The fraction of sp³-hybridized carbons (Fsp3) is 0.591. The Kier molecular flexibility index (Phi) is 7.07. The highest BCUT2D eigenvalue weighted by Gasteiger charge is 2.28. The van der Waals surface area contributed by atoms with Gasteiger partial charge >= 0.3 is 0 Å². The van der Waals surface area contributed by atoms with E-state index in [-0.39, 0.29) is 5.91 Å². The van der Waals surface area contributed by atoms with Gasteiger partial charge in [0.05, 0.1) is 12.2 Å². The van der Waals surface area contributed by atoms with Gasteiger partial charge in [0.25, 0.3) is 5.91 Å². The smallest absolute Gasteiger partial charge is 0.253 e. The van der Waals surface area contributed by atoms with E-state index in [1.165, 1.54) is 11.9 Å². The summed E-state index contributed by atoms with van der Waals surface area (Å²) in [6.45, 7) is 9.17. The van der Waals surface area contributed by atoms with Crippen LogP contribution in [0.15, 0.2) is 35.7 Å². The Labute approximate surface area is 182 Å². The molecule has 2 aliphatic rings. The number of aromatic amines is 1. The maximum absolute atomic E-state index is 12.9. The average molecular weight is 430 g/mol. The van der Waals surface area contributed by atoms with E-state index in [0.29, 0.717) is 18.1 Å². The Balaban J connectivity index is 1.23. The molecule has 1 N–H and O–H groups in total. The van der Waals surface area contributed by atoms with Crippen LogP contribution in [0.3, 0.4) is 0 Å². The molecule has 0 saturated carbocycles. The van der Waals surface area contributed by atoms with Gasteiger partial charge in [0.2, 0.25) is 0 Å². The van der Waals surface area contributed by atoms with Crippen molar-refractivity contribution in [1.29, 1.82) is 0 Å². The quantitative estimate of drug-likeness (QED) is 0.712. The van der Waals surface area contributed by atoms with Crippen LogP contribution in [0.25, 0.3) is 0 Å². The minimum absolute atomic E-state index is 0.150. The molecular weight excluding hydrogens is 398 g/mol. The van der Waals surface area contributed by atoms with Gasteiger partial charge in [0, 0.05) is 44.0 Å². The van der Waals surface area contributed by atoms with Gasteiger partial charge in [-0.15, -0.1) is 0 Å². The summed E-state index contributed by atoms with van der Waals surface area (Å²) in [5.74, 6) is 1.62. The Morgan fingerprint density at radius 2 is 1.87 bits per heavy atom. The van der Waals surface area contributed by atoms with Crippen molar-refractivity contribution in [2.75, 3.05) is 32.7 Å². The molecule has 8 heteroatoms. The third kappa shape index (κ3) is 5.62. The molecule has 2 aromatic rings. The summed E-state index contributed by atoms with van der Waals surface area (Å²) >= 11 is 1.60. The van der Waals surface area contributed by atoms with Crippen molar-refractivity contribution in [2.45, 2.75) is 49.8 Å². The van der Waals surface area contributed by atoms with Gasteiger partial charge < -0.3 is 9.64 Å². The zero-order valence-electron chi connectivity index (χ0n) is 17.8. The number of likely N-dealkylation sites (tertiary alicyclic amines) is 1. The monoisotopic (exact) mass is 429 g/mol. The first-order chi connectivity index (χ1) is 14.6. The predicted octanol–water partition coefficient (Wildman–Crippen LogP) is 3.06. The van der Waals surface area contributed by atoms with E-state index in [1.54, 1.807) is 11.8 Å². The molecule has 2 atom stereocenters. The van der Waals surface area contributed by atoms with Gasteiger partial charge in [-0.05, 0) is 50.3 Å². The first-order valence-corrected chi connectivity index (χ1v) is 11.8. The van der Waals surface area contributed by atoms with Gasteiger partial charge in [0.1, 0.15) is 6.33 Å². The van der Waals surface area contributed by atoms with Crippen LogP contribution in [-0.4, -0.2) is 75.8 Å². The summed E-state index contributed by atoms with van der Waals surface area (Å²) in [6.07, 6.45) is 4.30. The number of carbonyl (C=O) groups excluding carboxylic acids is 1. The number of rotatable bonds is 6. The van der Waals surface area contributed by atoms with Gasteiger partial charge in [-0.25, -0.2) is 4.98 Å².